The van der Waals surface area contributed by atoms with Gasteiger partial charge in [-0.05, 0) is 66.6 Å². The van der Waals surface area contributed by atoms with Crippen LogP contribution in [-0.2, 0) is 14.8 Å². The number of aliphatic hydroxyl groups excluding tert-OH is 3. The summed E-state index contributed by atoms with van der Waals surface area (Å²) in [7, 11) is -4.24. The van der Waals surface area contributed by atoms with Gasteiger partial charge in [0.1, 0.15) is 18.3 Å². The van der Waals surface area contributed by atoms with Crippen LogP contribution in [0.2, 0.25) is 0 Å². The average molecular weight is 572 g/mol. The van der Waals surface area contributed by atoms with E-state index in [0.717, 1.165) is 34.3 Å². The summed E-state index contributed by atoms with van der Waals surface area (Å²) in [6.07, 6.45) is -3.92. The van der Waals surface area contributed by atoms with E-state index in [0.29, 0.717) is 4.88 Å². The Bertz CT molecular complexity index is 1490. The van der Waals surface area contributed by atoms with Crippen LogP contribution >= 0.6 is 11.3 Å². The minimum absolute atomic E-state index is 0.424. The number of ether oxygens (including phenoxy) is 1. The van der Waals surface area contributed by atoms with Gasteiger partial charge in [-0.1, -0.05) is 25.1 Å². The molecule has 0 spiro atoms. The van der Waals surface area contributed by atoms with Crippen LogP contribution in [-0.4, -0.2) is 68.0 Å². The van der Waals surface area contributed by atoms with Crippen LogP contribution in [0.25, 0.3) is 27.3 Å². The van der Waals surface area contributed by atoms with Crippen LogP contribution in [0, 0.1) is 17.2 Å². The minimum atomic E-state index is -4.24. The molecule has 0 aliphatic carbocycles. The number of rotatable bonds is 9. The smallest absolute Gasteiger partial charge is 0.250 e. The summed E-state index contributed by atoms with van der Waals surface area (Å²) in [5.41, 5.74) is 2.16. The molecule has 4 N–H and O–H groups in total. The molecular weight excluding hydrogens is 538 g/mol. The van der Waals surface area contributed by atoms with Crippen molar-refractivity contribution in [3.63, 3.8) is 0 Å². The molecule has 3 aromatic rings. The fourth-order valence-electron chi connectivity index (χ4n) is 4.58. The molecule has 9 nitrogen and oxygen atoms in total. The van der Waals surface area contributed by atoms with Crippen LogP contribution in [0.15, 0.2) is 53.4 Å². The SMILES string of the molecule is CCN(CC)c1ccc2cc(-c3ccc(/C=C(\C#N)S(=O)(=O)NC[C@H]4OC(O)[C@H](C)[C@@H](O)[C@@H]4O)s3)ccc2c1. The lowest BCUT2D eigenvalue weighted by Gasteiger charge is -2.39. The third-order valence-corrected chi connectivity index (χ3v) is 9.46. The van der Waals surface area contributed by atoms with Crippen molar-refractivity contribution in [1.82, 2.24) is 4.72 Å². The Hall–Kier alpha value is -2.82. The molecule has 4 rings (SSSR count). The van der Waals surface area contributed by atoms with Gasteiger partial charge in [0.2, 0.25) is 0 Å². The molecule has 11 heteroatoms. The van der Waals surface area contributed by atoms with E-state index < -0.39 is 52.0 Å². The number of anilines is 1. The summed E-state index contributed by atoms with van der Waals surface area (Å²) >= 11 is 1.36. The highest BCUT2D eigenvalue weighted by Gasteiger charge is 2.41. The Labute approximate surface area is 232 Å². The molecule has 0 saturated carbocycles. The van der Waals surface area contributed by atoms with Crippen molar-refractivity contribution < 1.29 is 28.5 Å². The third-order valence-electron chi connectivity index (χ3n) is 7.04. The van der Waals surface area contributed by atoms with Gasteiger partial charge in [-0.3, -0.25) is 0 Å². The molecule has 2 aromatic carbocycles. The fourth-order valence-corrected chi connectivity index (χ4v) is 6.54. The summed E-state index contributed by atoms with van der Waals surface area (Å²) in [6.45, 7) is 7.21. The molecule has 1 fully saturated rings. The molecule has 0 radical (unpaired) electrons. The Kier molecular flexibility index (Phi) is 9.08. The number of aliphatic hydroxyl groups is 3. The van der Waals surface area contributed by atoms with E-state index in [1.54, 1.807) is 12.1 Å². The van der Waals surface area contributed by atoms with Crippen LogP contribution in [0.1, 0.15) is 25.6 Å². The largest absolute Gasteiger partial charge is 0.390 e. The van der Waals surface area contributed by atoms with Crippen molar-refractivity contribution in [3.05, 3.63) is 58.3 Å². The van der Waals surface area contributed by atoms with E-state index in [1.165, 1.54) is 30.0 Å². The number of allylic oxidation sites excluding steroid dienone is 1. The topological polar surface area (TPSA) is 143 Å². The van der Waals surface area contributed by atoms with E-state index in [4.69, 9.17) is 4.74 Å². The Morgan fingerprint density at radius 3 is 2.46 bits per heavy atom. The first-order valence-corrected chi connectivity index (χ1v) is 15.1. The van der Waals surface area contributed by atoms with E-state index in [2.05, 4.69) is 53.8 Å². The predicted molar refractivity (Wildman–Crippen MR) is 153 cm³/mol. The molecule has 39 heavy (non-hydrogen) atoms. The Morgan fingerprint density at radius 1 is 1.08 bits per heavy atom. The van der Waals surface area contributed by atoms with Crippen molar-refractivity contribution >= 4 is 43.9 Å². The van der Waals surface area contributed by atoms with Crippen LogP contribution in [0.5, 0.6) is 0 Å². The van der Waals surface area contributed by atoms with E-state index in [9.17, 15) is 29.0 Å². The summed E-state index contributed by atoms with van der Waals surface area (Å²) in [6, 6.07) is 17.9. The van der Waals surface area contributed by atoms with Crippen molar-refractivity contribution in [1.29, 1.82) is 5.26 Å². The summed E-state index contributed by atoms with van der Waals surface area (Å²) < 4.78 is 33.1. The third kappa shape index (κ3) is 6.34. The number of fused-ring (bicyclic) bond motifs is 1. The Morgan fingerprint density at radius 2 is 1.77 bits per heavy atom. The van der Waals surface area contributed by atoms with Gasteiger partial charge in [0.15, 0.2) is 11.2 Å². The highest BCUT2D eigenvalue weighted by Crippen LogP contribution is 2.33. The number of nitriles is 1. The molecule has 1 aliphatic heterocycles. The van der Waals surface area contributed by atoms with Gasteiger partial charge in [-0.15, -0.1) is 11.3 Å². The van der Waals surface area contributed by atoms with Gasteiger partial charge in [0.25, 0.3) is 10.0 Å². The lowest BCUT2D eigenvalue weighted by Crippen LogP contribution is -2.56. The molecule has 208 valence electrons. The number of hydrogen-bond acceptors (Lipinski definition) is 9. The van der Waals surface area contributed by atoms with Crippen LogP contribution < -0.4 is 9.62 Å². The molecule has 1 aromatic heterocycles. The lowest BCUT2D eigenvalue weighted by molar-refractivity contribution is -0.257. The highest BCUT2D eigenvalue weighted by atomic mass is 32.2. The second-order valence-corrected chi connectivity index (χ2v) is 12.3. The molecule has 0 amide bonds. The standard InChI is InChI=1S/C28H33N3O6S2/c1-4-31(5-2)21-9-8-18-12-20(7-6-19(18)13-21)25-11-10-22(38-25)14-23(15-29)39(35,36)30-16-24-27(33)26(32)17(3)28(34)37-24/h6-14,17,24,26-28,30,32-34H,4-5,16H2,1-3H3/b23-14+/t17-,24-,26-,27-,28?/m1/s1. The zero-order valence-electron chi connectivity index (χ0n) is 22.0. The maximum Gasteiger partial charge on any atom is 0.250 e. The number of sulfonamides is 1. The molecule has 2 heterocycles. The van der Waals surface area contributed by atoms with Crippen LogP contribution in [0.4, 0.5) is 5.69 Å². The van der Waals surface area contributed by atoms with Gasteiger partial charge in [-0.2, -0.15) is 5.26 Å². The number of nitrogens with one attached hydrogen (secondary N) is 1. The van der Waals surface area contributed by atoms with Gasteiger partial charge in [0.05, 0.1) is 6.10 Å². The number of benzene rings is 2. The van der Waals surface area contributed by atoms with E-state index in [1.807, 2.05) is 12.1 Å². The lowest BCUT2D eigenvalue weighted by atomic mass is 9.92. The fraction of sp³-hybridized carbons (Fsp3) is 0.393. The van der Waals surface area contributed by atoms with Crippen molar-refractivity contribution in [3.8, 4) is 16.5 Å². The second kappa shape index (κ2) is 12.1. The maximum atomic E-state index is 12.8. The first-order valence-electron chi connectivity index (χ1n) is 12.8. The monoisotopic (exact) mass is 571 g/mol. The number of thiophene rings is 1. The van der Waals surface area contributed by atoms with Gasteiger partial charge >= 0.3 is 0 Å². The zero-order chi connectivity index (χ0) is 28.3. The minimum Gasteiger partial charge on any atom is -0.390 e. The summed E-state index contributed by atoms with van der Waals surface area (Å²) in [5.74, 6) is -0.733. The molecule has 0 bridgehead atoms. The van der Waals surface area contributed by atoms with Gasteiger partial charge in [0, 0.05) is 41.0 Å². The maximum absolute atomic E-state index is 12.8. The predicted octanol–water partition coefficient (Wildman–Crippen LogP) is 3.27. The molecule has 1 saturated heterocycles. The van der Waals surface area contributed by atoms with Crippen molar-refractivity contribution in [2.24, 2.45) is 5.92 Å². The van der Waals surface area contributed by atoms with Crippen molar-refractivity contribution in [2.45, 2.75) is 45.4 Å². The normalized spacial score (nSPS) is 24.0. The van der Waals surface area contributed by atoms with Crippen LogP contribution in [0.3, 0.4) is 0 Å². The van der Waals surface area contributed by atoms with Crippen molar-refractivity contribution in [2.75, 3.05) is 24.5 Å². The van der Waals surface area contributed by atoms with Gasteiger partial charge < -0.3 is 25.0 Å². The molecule has 5 atom stereocenters. The quantitative estimate of drug-likeness (QED) is 0.287. The average Bonchev–Trinajstić information content (AvgIpc) is 3.41. The summed E-state index contributed by atoms with van der Waals surface area (Å²) in [5, 5.41) is 41.9. The molecule has 1 aliphatic rings. The first kappa shape index (κ1) is 29.2. The molecular formula is C28H33N3O6S2. The zero-order valence-corrected chi connectivity index (χ0v) is 23.6. The summed E-state index contributed by atoms with van der Waals surface area (Å²) in [4.78, 5) is 3.29. The van der Waals surface area contributed by atoms with Gasteiger partial charge in [-0.25, -0.2) is 13.1 Å². The van der Waals surface area contributed by atoms with E-state index in [-0.39, 0.29) is 0 Å². The molecule has 1 unspecified atom stereocenters. The number of nitrogens with zero attached hydrogens (tertiary/aromatic N) is 2. The van der Waals surface area contributed by atoms with E-state index >= 15 is 0 Å². The first-order chi connectivity index (χ1) is 18.6. The number of hydrogen-bond donors (Lipinski definition) is 4. The Balaban J connectivity index is 1.50. The second-order valence-electron chi connectivity index (χ2n) is 9.50. The highest BCUT2D eigenvalue weighted by molar-refractivity contribution is 7.93.